The number of ether oxygens (including phenoxy) is 2. The van der Waals surface area contributed by atoms with Crippen molar-refractivity contribution < 1.29 is 14.3 Å². The molecule has 2 fully saturated rings. The minimum absolute atomic E-state index is 0. The van der Waals surface area contributed by atoms with E-state index in [4.69, 9.17) is 9.47 Å². The van der Waals surface area contributed by atoms with Crippen LogP contribution in [-0.4, -0.2) is 38.3 Å². The van der Waals surface area contributed by atoms with Gasteiger partial charge in [0.2, 0.25) is 0 Å². The predicted molar refractivity (Wildman–Crippen MR) is 111 cm³/mol. The second-order valence-corrected chi connectivity index (χ2v) is 7.70. The Morgan fingerprint density at radius 1 is 1.22 bits per heavy atom. The van der Waals surface area contributed by atoms with E-state index in [-0.39, 0.29) is 18.3 Å². The third-order valence-corrected chi connectivity index (χ3v) is 5.86. The van der Waals surface area contributed by atoms with E-state index in [1.807, 2.05) is 25.1 Å². The van der Waals surface area contributed by atoms with Crippen molar-refractivity contribution in [3.05, 3.63) is 23.8 Å². The van der Waals surface area contributed by atoms with Crippen LogP contribution in [0.3, 0.4) is 0 Å². The molecule has 0 unspecified atom stereocenters. The molecule has 0 bridgehead atoms. The highest BCUT2D eigenvalue weighted by molar-refractivity contribution is 5.97. The summed E-state index contributed by atoms with van der Waals surface area (Å²) in [5, 5.41) is 6.31. The van der Waals surface area contributed by atoms with E-state index < -0.39 is 5.60 Å². The summed E-state index contributed by atoms with van der Waals surface area (Å²) in [5.74, 6) is 1.46. The van der Waals surface area contributed by atoms with Gasteiger partial charge >= 0.3 is 0 Å². The van der Waals surface area contributed by atoms with Gasteiger partial charge in [0.05, 0.1) is 6.61 Å². The maximum Gasteiger partial charge on any atom is 0.256 e. The Bertz CT molecular complexity index is 611. The van der Waals surface area contributed by atoms with E-state index in [2.05, 4.69) is 10.6 Å². The number of carbonyl (C=O) groups excluding carboxylic acids is 1. The van der Waals surface area contributed by atoms with Crippen LogP contribution in [0.25, 0.3) is 0 Å². The molecular formula is C21H33ClN2O3. The lowest BCUT2D eigenvalue weighted by Crippen LogP contribution is -2.51. The number of methoxy groups -OCH3 is 1. The van der Waals surface area contributed by atoms with E-state index >= 15 is 0 Å². The van der Waals surface area contributed by atoms with Crippen molar-refractivity contribution in [1.29, 1.82) is 0 Å². The summed E-state index contributed by atoms with van der Waals surface area (Å²) >= 11 is 0. The van der Waals surface area contributed by atoms with Gasteiger partial charge in [-0.3, -0.25) is 4.79 Å². The number of piperidine rings is 1. The fourth-order valence-corrected chi connectivity index (χ4v) is 3.99. The zero-order chi connectivity index (χ0) is 18.4. The molecule has 1 aliphatic heterocycles. The molecule has 1 saturated carbocycles. The first-order valence-corrected chi connectivity index (χ1v) is 9.94. The molecular weight excluding hydrogens is 364 g/mol. The minimum Gasteiger partial charge on any atom is -0.493 e. The van der Waals surface area contributed by atoms with Gasteiger partial charge in [0.1, 0.15) is 11.4 Å². The zero-order valence-corrected chi connectivity index (χ0v) is 17.3. The Balaban J connectivity index is 0.00000261. The highest BCUT2D eigenvalue weighted by Gasteiger charge is 2.39. The smallest absolute Gasteiger partial charge is 0.256 e. The second kappa shape index (κ2) is 10.3. The standard InChI is InChI=1S/C21H32N2O3.ClH/c1-16-8-9-18(14-19(16)26-15-17-6-4-3-5-7-17)23-20(24)21(25-2)10-12-22-13-11-21;/h8-9,14,17,22H,3-7,10-13,15H2,1-2H3,(H,23,24);1H. The van der Waals surface area contributed by atoms with Crippen LogP contribution in [0.4, 0.5) is 5.69 Å². The Morgan fingerprint density at radius 2 is 1.93 bits per heavy atom. The molecule has 152 valence electrons. The van der Waals surface area contributed by atoms with Crippen molar-refractivity contribution in [2.75, 3.05) is 32.1 Å². The van der Waals surface area contributed by atoms with Crippen molar-refractivity contribution in [3.8, 4) is 5.75 Å². The van der Waals surface area contributed by atoms with Crippen LogP contribution in [0.5, 0.6) is 5.75 Å². The fraction of sp³-hybridized carbons (Fsp3) is 0.667. The summed E-state index contributed by atoms with van der Waals surface area (Å²) < 4.78 is 11.7. The molecule has 0 radical (unpaired) electrons. The van der Waals surface area contributed by atoms with Crippen molar-refractivity contribution >= 4 is 24.0 Å². The Labute approximate surface area is 169 Å². The summed E-state index contributed by atoms with van der Waals surface area (Å²) in [5.41, 5.74) is 1.13. The van der Waals surface area contributed by atoms with Gasteiger partial charge in [-0.05, 0) is 63.2 Å². The molecule has 1 heterocycles. The third kappa shape index (κ3) is 5.59. The number of rotatable bonds is 6. The molecule has 1 aliphatic carbocycles. The number of hydrogen-bond acceptors (Lipinski definition) is 4. The average molecular weight is 397 g/mol. The monoisotopic (exact) mass is 396 g/mol. The van der Waals surface area contributed by atoms with Crippen molar-refractivity contribution in [1.82, 2.24) is 5.32 Å². The van der Waals surface area contributed by atoms with Crippen molar-refractivity contribution in [2.45, 2.75) is 57.5 Å². The SMILES string of the molecule is COC1(C(=O)Nc2ccc(C)c(OCC3CCCCC3)c2)CCNCC1.Cl. The number of aryl methyl sites for hydroxylation is 1. The first kappa shape index (κ1) is 22.0. The van der Waals surface area contributed by atoms with Gasteiger partial charge in [-0.15, -0.1) is 12.4 Å². The lowest BCUT2D eigenvalue weighted by atomic mass is 9.90. The summed E-state index contributed by atoms with van der Waals surface area (Å²) in [7, 11) is 1.62. The largest absolute Gasteiger partial charge is 0.493 e. The third-order valence-electron chi connectivity index (χ3n) is 5.86. The van der Waals surface area contributed by atoms with Crippen LogP contribution in [0.2, 0.25) is 0 Å². The quantitative estimate of drug-likeness (QED) is 0.760. The number of amides is 1. The molecule has 0 aromatic heterocycles. The Kier molecular flexibility index (Phi) is 8.39. The number of hydrogen-bond donors (Lipinski definition) is 2. The predicted octanol–water partition coefficient (Wildman–Crippen LogP) is 4.08. The van der Waals surface area contributed by atoms with E-state index in [0.717, 1.165) is 36.7 Å². The first-order chi connectivity index (χ1) is 12.6. The summed E-state index contributed by atoms with van der Waals surface area (Å²) in [6.45, 7) is 4.41. The average Bonchev–Trinajstić information content (AvgIpc) is 2.69. The maximum absolute atomic E-state index is 12.8. The lowest BCUT2D eigenvalue weighted by Gasteiger charge is -2.34. The molecule has 0 spiro atoms. The van der Waals surface area contributed by atoms with Crippen LogP contribution in [-0.2, 0) is 9.53 Å². The summed E-state index contributed by atoms with van der Waals surface area (Å²) in [6.07, 6.45) is 7.89. The zero-order valence-electron chi connectivity index (χ0n) is 16.5. The number of halogens is 1. The van der Waals surface area contributed by atoms with E-state index in [1.54, 1.807) is 7.11 Å². The molecule has 27 heavy (non-hydrogen) atoms. The molecule has 6 heteroatoms. The molecule has 1 aromatic rings. The van der Waals surface area contributed by atoms with Gasteiger partial charge in [0.25, 0.3) is 5.91 Å². The normalized spacial score (nSPS) is 19.8. The number of nitrogens with one attached hydrogen (secondary N) is 2. The van der Waals surface area contributed by atoms with Crippen molar-refractivity contribution in [3.63, 3.8) is 0 Å². The van der Waals surface area contributed by atoms with Gasteiger partial charge in [-0.1, -0.05) is 25.3 Å². The highest BCUT2D eigenvalue weighted by atomic mass is 35.5. The van der Waals surface area contributed by atoms with Gasteiger partial charge < -0.3 is 20.1 Å². The molecule has 1 saturated heterocycles. The molecule has 2 aliphatic rings. The Morgan fingerprint density at radius 3 is 2.59 bits per heavy atom. The number of anilines is 1. The van der Waals surface area contributed by atoms with Gasteiger partial charge in [-0.25, -0.2) is 0 Å². The van der Waals surface area contributed by atoms with Crippen LogP contribution >= 0.6 is 12.4 Å². The first-order valence-electron chi connectivity index (χ1n) is 9.94. The Hall–Kier alpha value is -1.30. The molecule has 2 N–H and O–H groups in total. The molecule has 1 aromatic carbocycles. The maximum atomic E-state index is 12.8. The lowest BCUT2D eigenvalue weighted by molar-refractivity contribution is -0.140. The summed E-state index contributed by atoms with van der Waals surface area (Å²) in [4.78, 5) is 12.8. The fourth-order valence-electron chi connectivity index (χ4n) is 3.99. The van der Waals surface area contributed by atoms with Crippen LogP contribution in [0, 0.1) is 12.8 Å². The van der Waals surface area contributed by atoms with E-state index in [1.165, 1.54) is 32.1 Å². The van der Waals surface area contributed by atoms with Gasteiger partial charge in [0.15, 0.2) is 0 Å². The molecule has 5 nitrogen and oxygen atoms in total. The highest BCUT2D eigenvalue weighted by Crippen LogP contribution is 2.29. The van der Waals surface area contributed by atoms with Gasteiger partial charge in [-0.2, -0.15) is 0 Å². The second-order valence-electron chi connectivity index (χ2n) is 7.70. The number of benzene rings is 1. The topological polar surface area (TPSA) is 59.6 Å². The van der Waals surface area contributed by atoms with Crippen LogP contribution < -0.4 is 15.4 Å². The van der Waals surface area contributed by atoms with E-state index in [9.17, 15) is 4.79 Å². The summed E-state index contributed by atoms with van der Waals surface area (Å²) in [6, 6.07) is 5.89. The van der Waals surface area contributed by atoms with Crippen LogP contribution in [0.15, 0.2) is 18.2 Å². The number of carbonyl (C=O) groups is 1. The molecule has 1 amide bonds. The van der Waals surface area contributed by atoms with Crippen molar-refractivity contribution in [2.24, 2.45) is 5.92 Å². The van der Waals surface area contributed by atoms with Crippen LogP contribution in [0.1, 0.15) is 50.5 Å². The molecule has 3 rings (SSSR count). The minimum atomic E-state index is -0.737. The molecule has 0 atom stereocenters. The van der Waals surface area contributed by atoms with E-state index in [0.29, 0.717) is 18.8 Å². The van der Waals surface area contributed by atoms with Gasteiger partial charge in [0, 0.05) is 18.9 Å².